The third kappa shape index (κ3) is 5.85. The minimum absolute atomic E-state index is 0.0778. The number of ether oxygens (including phenoxy) is 1. The van der Waals surface area contributed by atoms with Gasteiger partial charge in [-0.25, -0.2) is 0 Å². The highest BCUT2D eigenvalue weighted by molar-refractivity contribution is 9.11. The number of anilines is 1. The Kier molecular flexibility index (Phi) is 7.23. The zero-order valence-electron chi connectivity index (χ0n) is 14.4. The lowest BCUT2D eigenvalue weighted by atomic mass is 10.1. The summed E-state index contributed by atoms with van der Waals surface area (Å²) in [6.45, 7) is 3.74. The second-order valence-corrected chi connectivity index (χ2v) is 7.61. The molecular formula is C19H19Br2NO4. The summed E-state index contributed by atoms with van der Waals surface area (Å²) in [4.78, 5) is 22.0. The van der Waals surface area contributed by atoms with Crippen LogP contribution in [0.2, 0.25) is 0 Å². The van der Waals surface area contributed by atoms with Gasteiger partial charge in [0.1, 0.15) is 12.4 Å². The molecule has 26 heavy (non-hydrogen) atoms. The predicted octanol–water partition coefficient (Wildman–Crippen LogP) is 5.07. The van der Waals surface area contributed by atoms with Gasteiger partial charge in [-0.1, -0.05) is 12.1 Å². The number of aryl methyl sites for hydroxylation is 2. The van der Waals surface area contributed by atoms with Crippen molar-refractivity contribution in [1.82, 2.24) is 0 Å². The van der Waals surface area contributed by atoms with Gasteiger partial charge in [-0.15, -0.1) is 0 Å². The summed E-state index contributed by atoms with van der Waals surface area (Å²) in [5, 5.41) is 11.6. The summed E-state index contributed by atoms with van der Waals surface area (Å²) in [6, 6.07) is 9.49. The van der Waals surface area contributed by atoms with Crippen LogP contribution in [0.25, 0.3) is 0 Å². The topological polar surface area (TPSA) is 75.6 Å². The van der Waals surface area contributed by atoms with Crippen LogP contribution in [0.15, 0.2) is 39.3 Å². The first kappa shape index (κ1) is 20.5. The van der Waals surface area contributed by atoms with Gasteiger partial charge in [0.15, 0.2) is 0 Å². The lowest BCUT2D eigenvalue weighted by Gasteiger charge is -2.14. The Morgan fingerprint density at radius 3 is 2.35 bits per heavy atom. The Morgan fingerprint density at radius 1 is 1.12 bits per heavy atom. The van der Waals surface area contributed by atoms with Gasteiger partial charge in [0, 0.05) is 19.0 Å². The van der Waals surface area contributed by atoms with E-state index in [0.717, 1.165) is 31.3 Å². The lowest BCUT2D eigenvalue weighted by molar-refractivity contribution is -0.137. The molecule has 0 spiro atoms. The molecule has 0 radical (unpaired) electrons. The summed E-state index contributed by atoms with van der Waals surface area (Å²) >= 11 is 6.96. The largest absolute Gasteiger partial charge is 0.487 e. The number of halogens is 2. The van der Waals surface area contributed by atoms with Crippen molar-refractivity contribution in [3.05, 3.63) is 56.0 Å². The van der Waals surface area contributed by atoms with Crippen LogP contribution in [0.4, 0.5) is 5.69 Å². The van der Waals surface area contributed by atoms with E-state index in [9.17, 15) is 9.59 Å². The fourth-order valence-electron chi connectivity index (χ4n) is 2.38. The van der Waals surface area contributed by atoms with E-state index in [4.69, 9.17) is 9.84 Å². The first-order valence-corrected chi connectivity index (χ1v) is 9.54. The van der Waals surface area contributed by atoms with Crippen molar-refractivity contribution in [3.8, 4) is 5.75 Å². The Bertz CT molecular complexity index is 813. The number of hydrogen-bond donors (Lipinski definition) is 2. The van der Waals surface area contributed by atoms with Crippen LogP contribution < -0.4 is 10.1 Å². The van der Waals surface area contributed by atoms with Crippen molar-refractivity contribution in [1.29, 1.82) is 0 Å². The summed E-state index contributed by atoms with van der Waals surface area (Å²) in [5.41, 5.74) is 3.57. The van der Waals surface area contributed by atoms with Crippen molar-refractivity contribution < 1.29 is 19.4 Å². The monoisotopic (exact) mass is 483 g/mol. The molecule has 0 unspecified atom stereocenters. The van der Waals surface area contributed by atoms with E-state index in [1.54, 1.807) is 0 Å². The van der Waals surface area contributed by atoms with Gasteiger partial charge in [-0.2, -0.15) is 0 Å². The number of rotatable bonds is 7. The minimum atomic E-state index is -0.827. The fraction of sp³-hybridized carbons (Fsp3) is 0.263. The average Bonchev–Trinajstić information content (AvgIpc) is 2.54. The SMILES string of the molecule is CC(=O)Nc1cc(COc2c(Br)cc(CCC(=O)O)cc2Br)ccc1C. The molecule has 0 aliphatic rings. The zero-order chi connectivity index (χ0) is 19.3. The molecule has 0 heterocycles. The van der Waals surface area contributed by atoms with Crippen LogP contribution in [-0.4, -0.2) is 17.0 Å². The molecule has 0 bridgehead atoms. The number of hydrogen-bond acceptors (Lipinski definition) is 3. The molecule has 0 aliphatic carbocycles. The number of aliphatic carboxylic acids is 1. The number of carboxylic acid groups (broad SMARTS) is 1. The first-order chi connectivity index (χ1) is 12.3. The quantitative estimate of drug-likeness (QED) is 0.574. The zero-order valence-corrected chi connectivity index (χ0v) is 17.6. The number of benzene rings is 2. The normalized spacial score (nSPS) is 10.5. The maximum atomic E-state index is 11.3. The van der Waals surface area contributed by atoms with Gasteiger partial charge >= 0.3 is 5.97 Å². The second-order valence-electron chi connectivity index (χ2n) is 5.90. The number of nitrogens with one attached hydrogen (secondary N) is 1. The van der Waals surface area contributed by atoms with Crippen LogP contribution >= 0.6 is 31.9 Å². The molecule has 138 valence electrons. The highest BCUT2D eigenvalue weighted by atomic mass is 79.9. The minimum Gasteiger partial charge on any atom is -0.487 e. The highest BCUT2D eigenvalue weighted by Gasteiger charge is 2.11. The Balaban J connectivity index is 2.12. The van der Waals surface area contributed by atoms with E-state index in [2.05, 4.69) is 37.2 Å². The maximum absolute atomic E-state index is 11.3. The predicted molar refractivity (Wildman–Crippen MR) is 108 cm³/mol. The highest BCUT2D eigenvalue weighted by Crippen LogP contribution is 2.35. The van der Waals surface area contributed by atoms with E-state index in [1.165, 1.54) is 6.92 Å². The molecule has 2 aromatic rings. The van der Waals surface area contributed by atoms with Gasteiger partial charge in [0.25, 0.3) is 0 Å². The standard InChI is InChI=1S/C19H19Br2NO4/c1-11-3-4-14(9-17(11)22-12(2)23)10-26-19-15(20)7-13(8-16(19)21)5-6-18(24)25/h3-4,7-9H,5-6,10H2,1-2H3,(H,22,23)(H,24,25). The van der Waals surface area contributed by atoms with E-state index in [1.807, 2.05) is 37.3 Å². The molecule has 0 fully saturated rings. The molecule has 0 saturated carbocycles. The summed E-state index contributed by atoms with van der Waals surface area (Å²) in [6.07, 6.45) is 0.527. The molecule has 0 saturated heterocycles. The lowest BCUT2D eigenvalue weighted by Crippen LogP contribution is -2.08. The maximum Gasteiger partial charge on any atom is 0.303 e. The third-order valence-electron chi connectivity index (χ3n) is 3.68. The van der Waals surface area contributed by atoms with E-state index in [0.29, 0.717) is 18.8 Å². The van der Waals surface area contributed by atoms with Crippen LogP contribution in [0, 0.1) is 6.92 Å². The first-order valence-electron chi connectivity index (χ1n) is 7.96. The van der Waals surface area contributed by atoms with Gasteiger partial charge < -0.3 is 15.2 Å². The molecular weight excluding hydrogens is 466 g/mol. The molecule has 0 atom stereocenters. The van der Waals surface area contributed by atoms with Crippen LogP contribution in [0.1, 0.15) is 30.0 Å². The second kappa shape index (κ2) is 9.19. The molecule has 7 heteroatoms. The van der Waals surface area contributed by atoms with Crippen molar-refractivity contribution >= 4 is 49.4 Å². The number of carbonyl (C=O) groups excluding carboxylic acids is 1. The fourth-order valence-corrected chi connectivity index (χ4v) is 3.89. The van der Waals surface area contributed by atoms with Crippen LogP contribution in [0.5, 0.6) is 5.75 Å². The molecule has 1 amide bonds. The van der Waals surface area contributed by atoms with Crippen molar-refractivity contribution in [2.75, 3.05) is 5.32 Å². The molecule has 2 rings (SSSR count). The average molecular weight is 485 g/mol. The van der Waals surface area contributed by atoms with Crippen LogP contribution in [-0.2, 0) is 22.6 Å². The van der Waals surface area contributed by atoms with Gasteiger partial charge in [-0.05, 0) is 80.1 Å². The summed E-state index contributed by atoms with van der Waals surface area (Å²) in [5.74, 6) is -0.300. The Hall–Kier alpha value is -1.86. The van der Waals surface area contributed by atoms with Gasteiger partial charge in [-0.3, -0.25) is 9.59 Å². The molecule has 2 N–H and O–H groups in total. The molecule has 0 aliphatic heterocycles. The number of carbonyl (C=O) groups is 2. The summed E-state index contributed by atoms with van der Waals surface area (Å²) < 4.78 is 7.41. The summed E-state index contributed by atoms with van der Waals surface area (Å²) in [7, 11) is 0. The van der Waals surface area contributed by atoms with E-state index < -0.39 is 5.97 Å². The van der Waals surface area contributed by atoms with Gasteiger partial charge in [0.2, 0.25) is 5.91 Å². The van der Waals surface area contributed by atoms with Crippen LogP contribution in [0.3, 0.4) is 0 Å². The van der Waals surface area contributed by atoms with E-state index in [-0.39, 0.29) is 12.3 Å². The third-order valence-corrected chi connectivity index (χ3v) is 4.86. The number of carboxylic acids is 1. The Labute approximate surface area is 169 Å². The van der Waals surface area contributed by atoms with E-state index >= 15 is 0 Å². The van der Waals surface area contributed by atoms with Crippen molar-refractivity contribution in [2.45, 2.75) is 33.3 Å². The molecule has 0 aromatic heterocycles. The number of amides is 1. The van der Waals surface area contributed by atoms with Crippen molar-refractivity contribution in [3.63, 3.8) is 0 Å². The Morgan fingerprint density at radius 2 is 1.77 bits per heavy atom. The molecule has 2 aromatic carbocycles. The van der Waals surface area contributed by atoms with Gasteiger partial charge in [0.05, 0.1) is 8.95 Å². The van der Waals surface area contributed by atoms with Crippen molar-refractivity contribution in [2.24, 2.45) is 0 Å². The molecule has 5 nitrogen and oxygen atoms in total. The smallest absolute Gasteiger partial charge is 0.303 e.